The Labute approximate surface area is 106 Å². The van der Waals surface area contributed by atoms with Gasteiger partial charge in [-0.2, -0.15) is 0 Å². The lowest BCUT2D eigenvalue weighted by molar-refractivity contribution is 0.0943. The Balaban J connectivity index is 2.68. The first kappa shape index (κ1) is 13.8. The van der Waals surface area contributed by atoms with Crippen molar-refractivity contribution in [1.82, 2.24) is 10.3 Å². The van der Waals surface area contributed by atoms with Crippen LogP contribution in [0.3, 0.4) is 0 Å². The van der Waals surface area contributed by atoms with Crippen LogP contribution in [0.15, 0.2) is 0 Å². The van der Waals surface area contributed by atoms with Crippen LogP contribution in [0.1, 0.15) is 43.3 Å². The lowest BCUT2D eigenvalue weighted by Crippen LogP contribution is -2.32. The summed E-state index contributed by atoms with van der Waals surface area (Å²) in [4.78, 5) is 16.5. The maximum atomic E-state index is 11.9. The number of nitrogen functional groups attached to an aromatic ring is 1. The minimum absolute atomic E-state index is 0.134. The van der Waals surface area contributed by atoms with Crippen LogP contribution in [0, 0.1) is 0 Å². The van der Waals surface area contributed by atoms with Crippen molar-refractivity contribution in [3.63, 3.8) is 0 Å². The van der Waals surface area contributed by atoms with E-state index in [1.807, 2.05) is 13.8 Å². The molecular formula is C11H20N4OS. The fourth-order valence-electron chi connectivity index (χ4n) is 1.52. The highest BCUT2D eigenvalue weighted by Gasteiger charge is 2.17. The first-order chi connectivity index (χ1) is 8.08. The van der Waals surface area contributed by atoms with Gasteiger partial charge in [-0.1, -0.05) is 24.7 Å². The molecule has 5 nitrogen and oxygen atoms in total. The third-order valence-electron chi connectivity index (χ3n) is 2.29. The van der Waals surface area contributed by atoms with Crippen molar-refractivity contribution in [2.24, 2.45) is 0 Å². The summed E-state index contributed by atoms with van der Waals surface area (Å²) in [5.41, 5.74) is 5.72. The van der Waals surface area contributed by atoms with Gasteiger partial charge in [0.25, 0.3) is 5.91 Å². The second-order valence-electron chi connectivity index (χ2n) is 3.93. The predicted molar refractivity (Wildman–Crippen MR) is 72.5 cm³/mol. The Morgan fingerprint density at radius 1 is 1.53 bits per heavy atom. The molecule has 0 saturated carbocycles. The van der Waals surface area contributed by atoms with E-state index in [1.165, 1.54) is 11.3 Å². The number of hydrogen-bond acceptors (Lipinski definition) is 5. The van der Waals surface area contributed by atoms with Crippen molar-refractivity contribution in [3.8, 4) is 0 Å². The highest BCUT2D eigenvalue weighted by Crippen LogP contribution is 2.24. The number of nitrogens with one attached hydrogen (secondary N) is 2. The van der Waals surface area contributed by atoms with E-state index in [2.05, 4.69) is 22.5 Å². The molecule has 96 valence electrons. The Bertz CT molecular complexity index is 378. The van der Waals surface area contributed by atoms with E-state index < -0.39 is 0 Å². The first-order valence-corrected chi connectivity index (χ1v) is 6.71. The third-order valence-corrected chi connectivity index (χ3v) is 3.31. The van der Waals surface area contributed by atoms with Crippen LogP contribution in [0.4, 0.5) is 10.9 Å². The largest absolute Gasteiger partial charge is 0.382 e. The van der Waals surface area contributed by atoms with Gasteiger partial charge in [-0.3, -0.25) is 4.79 Å². The quantitative estimate of drug-likeness (QED) is 0.728. The number of anilines is 2. The van der Waals surface area contributed by atoms with E-state index in [4.69, 9.17) is 5.73 Å². The van der Waals surface area contributed by atoms with Gasteiger partial charge in [0.15, 0.2) is 5.13 Å². The minimum Gasteiger partial charge on any atom is -0.382 e. The van der Waals surface area contributed by atoms with Gasteiger partial charge in [0.1, 0.15) is 10.7 Å². The van der Waals surface area contributed by atoms with Crippen LogP contribution in [-0.4, -0.2) is 23.5 Å². The van der Waals surface area contributed by atoms with Crippen molar-refractivity contribution < 1.29 is 4.79 Å². The molecule has 1 rings (SSSR count). The van der Waals surface area contributed by atoms with Crippen LogP contribution in [0.25, 0.3) is 0 Å². The van der Waals surface area contributed by atoms with Crippen molar-refractivity contribution in [2.75, 3.05) is 17.6 Å². The van der Waals surface area contributed by atoms with E-state index in [9.17, 15) is 4.79 Å². The van der Waals surface area contributed by atoms with Crippen molar-refractivity contribution in [1.29, 1.82) is 0 Å². The van der Waals surface area contributed by atoms with Crippen LogP contribution in [0.5, 0.6) is 0 Å². The molecule has 4 N–H and O–H groups in total. The monoisotopic (exact) mass is 256 g/mol. The van der Waals surface area contributed by atoms with E-state index >= 15 is 0 Å². The Kier molecular flexibility index (Phi) is 5.21. The normalized spacial score (nSPS) is 12.2. The molecule has 0 aliphatic rings. The minimum atomic E-state index is -0.134. The number of hydrogen-bond donors (Lipinski definition) is 3. The molecular weight excluding hydrogens is 236 g/mol. The number of carbonyl (C=O) groups is 1. The molecule has 1 heterocycles. The van der Waals surface area contributed by atoms with Gasteiger partial charge in [0, 0.05) is 12.6 Å². The van der Waals surface area contributed by atoms with Crippen LogP contribution >= 0.6 is 11.3 Å². The molecule has 0 aromatic carbocycles. The number of rotatable bonds is 6. The molecule has 0 radical (unpaired) electrons. The number of amides is 1. The Morgan fingerprint density at radius 3 is 2.82 bits per heavy atom. The average molecular weight is 256 g/mol. The van der Waals surface area contributed by atoms with Crippen molar-refractivity contribution >= 4 is 28.2 Å². The number of nitrogens with zero attached hydrogens (tertiary/aromatic N) is 1. The Hall–Kier alpha value is -1.30. The Morgan fingerprint density at radius 2 is 2.24 bits per heavy atom. The zero-order valence-electron chi connectivity index (χ0n) is 10.5. The van der Waals surface area contributed by atoms with Crippen LogP contribution < -0.4 is 16.4 Å². The highest BCUT2D eigenvalue weighted by atomic mass is 32.1. The second-order valence-corrected chi connectivity index (χ2v) is 4.93. The zero-order valence-corrected chi connectivity index (χ0v) is 11.4. The molecule has 1 amide bonds. The molecule has 0 aliphatic carbocycles. The molecule has 1 atom stereocenters. The topological polar surface area (TPSA) is 80.0 Å². The maximum Gasteiger partial charge on any atom is 0.265 e. The summed E-state index contributed by atoms with van der Waals surface area (Å²) in [6, 6.07) is 0.164. The third kappa shape index (κ3) is 3.89. The fraction of sp³-hybridized carbons (Fsp3) is 0.636. The molecule has 0 aliphatic heterocycles. The van der Waals surface area contributed by atoms with Crippen LogP contribution in [-0.2, 0) is 0 Å². The summed E-state index contributed by atoms with van der Waals surface area (Å²) in [5, 5.41) is 6.66. The number of aromatic nitrogens is 1. The fourth-order valence-corrected chi connectivity index (χ4v) is 2.37. The standard InChI is InChI=1S/C11H20N4OS/c1-4-6-7(3)14-10(16)8-9(12)15-11(17-8)13-5-2/h7H,4-6,12H2,1-3H3,(H,13,15)(H,14,16). The van der Waals surface area contributed by atoms with E-state index in [0.717, 1.165) is 19.4 Å². The van der Waals surface area contributed by atoms with Crippen molar-refractivity contribution in [2.45, 2.75) is 39.7 Å². The van der Waals surface area contributed by atoms with Gasteiger partial charge < -0.3 is 16.4 Å². The number of thiazole rings is 1. The average Bonchev–Trinajstić information content (AvgIpc) is 2.60. The lowest BCUT2D eigenvalue weighted by Gasteiger charge is -2.11. The summed E-state index contributed by atoms with van der Waals surface area (Å²) < 4.78 is 0. The molecule has 0 fully saturated rings. The van der Waals surface area contributed by atoms with Crippen molar-refractivity contribution in [3.05, 3.63) is 4.88 Å². The smallest absolute Gasteiger partial charge is 0.265 e. The predicted octanol–water partition coefficient (Wildman–Crippen LogP) is 2.08. The van der Waals surface area contributed by atoms with E-state index in [1.54, 1.807) is 0 Å². The molecule has 1 unspecified atom stereocenters. The number of carbonyl (C=O) groups excluding carboxylic acids is 1. The zero-order chi connectivity index (χ0) is 12.8. The molecule has 6 heteroatoms. The van der Waals surface area contributed by atoms with E-state index in [0.29, 0.717) is 15.8 Å². The summed E-state index contributed by atoms with van der Waals surface area (Å²) in [6.07, 6.45) is 2.01. The highest BCUT2D eigenvalue weighted by molar-refractivity contribution is 7.18. The van der Waals surface area contributed by atoms with Gasteiger partial charge in [-0.15, -0.1) is 0 Å². The van der Waals surface area contributed by atoms with E-state index in [-0.39, 0.29) is 11.9 Å². The molecule has 0 spiro atoms. The van der Waals surface area contributed by atoms with Gasteiger partial charge in [0.2, 0.25) is 0 Å². The van der Waals surface area contributed by atoms with Gasteiger partial charge in [-0.05, 0) is 20.3 Å². The maximum absolute atomic E-state index is 11.9. The second kappa shape index (κ2) is 6.44. The first-order valence-electron chi connectivity index (χ1n) is 5.89. The SMILES string of the molecule is CCCC(C)NC(=O)c1sc(NCC)nc1N. The summed E-state index contributed by atoms with van der Waals surface area (Å²) >= 11 is 1.29. The van der Waals surface area contributed by atoms with Gasteiger partial charge in [-0.25, -0.2) is 4.98 Å². The summed E-state index contributed by atoms with van der Waals surface area (Å²) in [5.74, 6) is 0.164. The van der Waals surface area contributed by atoms with Gasteiger partial charge >= 0.3 is 0 Å². The molecule has 17 heavy (non-hydrogen) atoms. The molecule has 1 aromatic heterocycles. The lowest BCUT2D eigenvalue weighted by atomic mass is 10.2. The molecule has 0 saturated heterocycles. The van der Waals surface area contributed by atoms with Gasteiger partial charge in [0.05, 0.1) is 0 Å². The van der Waals surface area contributed by atoms with Crippen LogP contribution in [0.2, 0.25) is 0 Å². The molecule has 1 aromatic rings. The number of nitrogens with two attached hydrogens (primary N) is 1. The molecule has 0 bridgehead atoms. The summed E-state index contributed by atoms with van der Waals surface area (Å²) in [6.45, 7) is 6.82. The summed E-state index contributed by atoms with van der Waals surface area (Å²) in [7, 11) is 0.